The number of carbonyl (C=O) groups is 1. The molecule has 1 atom stereocenters. The minimum absolute atomic E-state index is 0.211. The Bertz CT molecular complexity index is 421. The summed E-state index contributed by atoms with van der Waals surface area (Å²) in [6.07, 6.45) is 2.61. The molecule has 0 bridgehead atoms. The Morgan fingerprint density at radius 3 is 2.37 bits per heavy atom. The summed E-state index contributed by atoms with van der Waals surface area (Å²) in [4.78, 5) is 15.7. The van der Waals surface area contributed by atoms with E-state index in [1.165, 1.54) is 37.2 Å². The van der Waals surface area contributed by atoms with Gasteiger partial charge in [0.25, 0.3) is 0 Å². The van der Waals surface area contributed by atoms with Crippen molar-refractivity contribution in [2.75, 3.05) is 31.6 Å². The van der Waals surface area contributed by atoms with Crippen molar-refractivity contribution in [2.24, 2.45) is 0 Å². The molecule has 1 aromatic rings. The van der Waals surface area contributed by atoms with Gasteiger partial charge in [0.1, 0.15) is 5.78 Å². The van der Waals surface area contributed by atoms with Crippen LogP contribution < -0.4 is 4.90 Å². The van der Waals surface area contributed by atoms with E-state index < -0.39 is 0 Å². The van der Waals surface area contributed by atoms with Crippen molar-refractivity contribution < 1.29 is 4.79 Å². The smallest absolute Gasteiger partial charge is 0.143 e. The van der Waals surface area contributed by atoms with Gasteiger partial charge in [-0.2, -0.15) is 0 Å². The van der Waals surface area contributed by atoms with E-state index in [9.17, 15) is 4.79 Å². The lowest BCUT2D eigenvalue weighted by Gasteiger charge is -2.25. The first-order valence-electron chi connectivity index (χ1n) is 7.12. The molecular formula is C16H24N2O. The van der Waals surface area contributed by atoms with Gasteiger partial charge in [-0.3, -0.25) is 9.69 Å². The number of likely N-dealkylation sites (N-methyl/N-ethyl adjacent to an activating group) is 1. The van der Waals surface area contributed by atoms with Gasteiger partial charge in [0.05, 0.1) is 6.54 Å². The summed E-state index contributed by atoms with van der Waals surface area (Å²) in [5.74, 6) is 0.211. The highest BCUT2D eigenvalue weighted by Crippen LogP contribution is 2.24. The normalized spacial score (nSPS) is 16.9. The lowest BCUT2D eigenvalue weighted by molar-refractivity contribution is -0.118. The molecule has 1 aliphatic rings. The van der Waals surface area contributed by atoms with Gasteiger partial charge in [0, 0.05) is 24.8 Å². The third-order valence-electron chi connectivity index (χ3n) is 3.98. The fourth-order valence-corrected chi connectivity index (χ4v) is 2.68. The Balaban J connectivity index is 2.02. The van der Waals surface area contributed by atoms with E-state index in [0.29, 0.717) is 6.54 Å². The number of benzene rings is 1. The van der Waals surface area contributed by atoms with E-state index >= 15 is 0 Å². The molecule has 1 aromatic carbocycles. The minimum Gasteiger partial charge on any atom is -0.372 e. The fourth-order valence-electron chi connectivity index (χ4n) is 2.68. The molecule has 0 spiro atoms. The first-order chi connectivity index (χ1) is 9.08. The number of ketones is 1. The molecule has 3 nitrogen and oxygen atoms in total. The molecule has 104 valence electrons. The quantitative estimate of drug-likeness (QED) is 0.813. The standard InChI is InChI=1S/C16H24N2O/c1-13(19)12-17(3)14(2)15-6-8-16(9-7-15)18-10-4-5-11-18/h6-9,14H,4-5,10-12H2,1-3H3. The molecule has 1 heterocycles. The number of nitrogens with zero attached hydrogens (tertiary/aromatic N) is 2. The fraction of sp³-hybridized carbons (Fsp3) is 0.562. The van der Waals surface area contributed by atoms with Gasteiger partial charge in [-0.05, 0) is 51.4 Å². The predicted molar refractivity (Wildman–Crippen MR) is 79.6 cm³/mol. The molecule has 1 aliphatic heterocycles. The van der Waals surface area contributed by atoms with Gasteiger partial charge in [-0.1, -0.05) is 12.1 Å². The van der Waals surface area contributed by atoms with Gasteiger partial charge in [-0.25, -0.2) is 0 Å². The molecule has 0 aromatic heterocycles. The van der Waals surface area contributed by atoms with Crippen molar-refractivity contribution in [3.63, 3.8) is 0 Å². The maximum Gasteiger partial charge on any atom is 0.143 e. The zero-order valence-corrected chi connectivity index (χ0v) is 12.2. The summed E-state index contributed by atoms with van der Waals surface area (Å²) in [6, 6.07) is 9.07. The third-order valence-corrected chi connectivity index (χ3v) is 3.98. The van der Waals surface area contributed by atoms with Gasteiger partial charge in [0.15, 0.2) is 0 Å². The summed E-state index contributed by atoms with van der Waals surface area (Å²) in [5.41, 5.74) is 2.59. The Kier molecular flexibility index (Phi) is 4.59. The van der Waals surface area contributed by atoms with E-state index in [1.807, 2.05) is 7.05 Å². The highest BCUT2D eigenvalue weighted by Gasteiger charge is 2.15. The summed E-state index contributed by atoms with van der Waals surface area (Å²) in [7, 11) is 2.00. The predicted octanol–water partition coefficient (Wildman–Crippen LogP) is 2.87. The summed E-state index contributed by atoms with van der Waals surface area (Å²) < 4.78 is 0. The molecule has 0 radical (unpaired) electrons. The first kappa shape index (κ1) is 14.1. The van der Waals surface area contributed by atoms with Gasteiger partial charge >= 0.3 is 0 Å². The van der Waals surface area contributed by atoms with E-state index in [2.05, 4.69) is 41.0 Å². The van der Waals surface area contributed by atoms with Crippen LogP contribution in [0, 0.1) is 0 Å². The average molecular weight is 260 g/mol. The average Bonchev–Trinajstić information content (AvgIpc) is 2.91. The monoisotopic (exact) mass is 260 g/mol. The van der Waals surface area contributed by atoms with Gasteiger partial charge < -0.3 is 4.90 Å². The first-order valence-corrected chi connectivity index (χ1v) is 7.12. The van der Waals surface area contributed by atoms with E-state index in [0.717, 1.165) is 0 Å². The second-order valence-electron chi connectivity index (χ2n) is 5.58. The maximum absolute atomic E-state index is 11.2. The lowest BCUT2D eigenvalue weighted by Crippen LogP contribution is -2.27. The van der Waals surface area contributed by atoms with Crippen molar-refractivity contribution in [1.29, 1.82) is 0 Å². The molecule has 2 rings (SSSR count). The Labute approximate surface area is 116 Å². The Morgan fingerprint density at radius 1 is 1.26 bits per heavy atom. The van der Waals surface area contributed by atoms with Crippen molar-refractivity contribution in [3.8, 4) is 0 Å². The summed E-state index contributed by atoms with van der Waals surface area (Å²) in [6.45, 7) is 6.65. The Hall–Kier alpha value is -1.35. The zero-order valence-electron chi connectivity index (χ0n) is 12.2. The van der Waals surface area contributed by atoms with Crippen LogP contribution in [0.5, 0.6) is 0 Å². The third kappa shape index (κ3) is 3.57. The van der Waals surface area contributed by atoms with E-state index in [4.69, 9.17) is 0 Å². The van der Waals surface area contributed by atoms with E-state index in [-0.39, 0.29) is 11.8 Å². The second-order valence-corrected chi connectivity index (χ2v) is 5.58. The number of Topliss-reactive ketones (excluding diaryl/α,β-unsaturated/α-hetero) is 1. The van der Waals surface area contributed by atoms with Crippen molar-refractivity contribution in [3.05, 3.63) is 29.8 Å². The van der Waals surface area contributed by atoms with Crippen LogP contribution in [-0.4, -0.2) is 37.4 Å². The SMILES string of the molecule is CC(=O)CN(C)C(C)c1ccc(N2CCCC2)cc1. The highest BCUT2D eigenvalue weighted by atomic mass is 16.1. The number of rotatable bonds is 5. The van der Waals surface area contributed by atoms with Crippen LogP contribution in [0.15, 0.2) is 24.3 Å². The molecule has 19 heavy (non-hydrogen) atoms. The van der Waals surface area contributed by atoms with Crippen LogP contribution in [0.25, 0.3) is 0 Å². The summed E-state index contributed by atoms with van der Waals surface area (Å²) in [5, 5.41) is 0. The van der Waals surface area contributed by atoms with Crippen LogP contribution in [0.3, 0.4) is 0 Å². The number of carbonyl (C=O) groups excluding carboxylic acids is 1. The maximum atomic E-state index is 11.2. The van der Waals surface area contributed by atoms with E-state index in [1.54, 1.807) is 6.92 Å². The van der Waals surface area contributed by atoms with Crippen molar-refractivity contribution >= 4 is 11.5 Å². The summed E-state index contributed by atoms with van der Waals surface area (Å²) >= 11 is 0. The molecule has 0 N–H and O–H groups in total. The van der Waals surface area contributed by atoms with Crippen LogP contribution >= 0.6 is 0 Å². The number of hydrogen-bond acceptors (Lipinski definition) is 3. The van der Waals surface area contributed by atoms with Gasteiger partial charge in [0.2, 0.25) is 0 Å². The molecule has 1 unspecified atom stereocenters. The molecule has 0 aliphatic carbocycles. The second kappa shape index (κ2) is 6.20. The van der Waals surface area contributed by atoms with Crippen LogP contribution in [0.1, 0.15) is 38.3 Å². The number of anilines is 1. The largest absolute Gasteiger partial charge is 0.372 e. The van der Waals surface area contributed by atoms with Crippen molar-refractivity contribution in [2.45, 2.75) is 32.7 Å². The van der Waals surface area contributed by atoms with Gasteiger partial charge in [-0.15, -0.1) is 0 Å². The minimum atomic E-state index is 0.211. The molecule has 0 amide bonds. The number of hydrogen-bond donors (Lipinski definition) is 0. The van der Waals surface area contributed by atoms with Crippen LogP contribution in [-0.2, 0) is 4.79 Å². The molecular weight excluding hydrogens is 236 g/mol. The zero-order chi connectivity index (χ0) is 13.8. The van der Waals surface area contributed by atoms with Crippen LogP contribution in [0.4, 0.5) is 5.69 Å². The Morgan fingerprint density at radius 2 is 1.84 bits per heavy atom. The molecule has 3 heteroatoms. The van der Waals surface area contributed by atoms with Crippen molar-refractivity contribution in [1.82, 2.24) is 4.90 Å². The van der Waals surface area contributed by atoms with Crippen LogP contribution in [0.2, 0.25) is 0 Å². The molecule has 1 fully saturated rings. The molecule has 1 saturated heterocycles. The molecule has 0 saturated carbocycles. The topological polar surface area (TPSA) is 23.6 Å². The lowest BCUT2D eigenvalue weighted by atomic mass is 10.1. The highest BCUT2D eigenvalue weighted by molar-refractivity contribution is 5.77.